The molecule has 1 N–H and O–H groups in total. The molecule has 1 atom stereocenters. The van der Waals surface area contributed by atoms with Gasteiger partial charge in [0.15, 0.2) is 0 Å². The number of carbonyl (C=O) groups excluding carboxylic acids is 1. The van der Waals surface area contributed by atoms with Crippen LogP contribution in [0.4, 0.5) is 4.79 Å². The number of nitrogens with one attached hydrogen (secondary N) is 1. The topological polar surface area (TPSA) is 45.2 Å². The summed E-state index contributed by atoms with van der Waals surface area (Å²) in [5.74, 6) is 0.584. The van der Waals surface area contributed by atoms with Gasteiger partial charge in [0.05, 0.1) is 0 Å². The fraction of sp³-hybridized carbons (Fsp3) is 0.524. The Morgan fingerprint density at radius 3 is 2.60 bits per heavy atom. The van der Waals surface area contributed by atoms with Crippen molar-refractivity contribution in [3.8, 4) is 0 Å². The molecule has 25 heavy (non-hydrogen) atoms. The largest absolute Gasteiger partial charge is 0.322 e. The fourth-order valence-electron chi connectivity index (χ4n) is 2.73. The van der Waals surface area contributed by atoms with E-state index in [1.807, 2.05) is 39.1 Å². The Morgan fingerprint density at radius 1 is 1.28 bits per heavy atom. The molecular formula is C21H33N3O. The summed E-state index contributed by atoms with van der Waals surface area (Å²) in [4.78, 5) is 18.3. The molecule has 0 spiro atoms. The number of hydrogen-bond donors (Lipinski definition) is 1. The van der Waals surface area contributed by atoms with Crippen LogP contribution in [0.3, 0.4) is 0 Å². The Morgan fingerprint density at radius 2 is 1.96 bits per heavy atom. The van der Waals surface area contributed by atoms with Gasteiger partial charge in [0.2, 0.25) is 0 Å². The van der Waals surface area contributed by atoms with E-state index >= 15 is 0 Å². The van der Waals surface area contributed by atoms with E-state index in [9.17, 15) is 4.79 Å². The van der Waals surface area contributed by atoms with Gasteiger partial charge in [-0.2, -0.15) is 0 Å². The lowest BCUT2D eigenvalue weighted by Crippen LogP contribution is -2.35. The van der Waals surface area contributed by atoms with Crippen molar-refractivity contribution in [3.05, 3.63) is 53.0 Å². The van der Waals surface area contributed by atoms with Gasteiger partial charge in [-0.3, -0.25) is 4.98 Å². The molecule has 2 rings (SSSR count). The van der Waals surface area contributed by atoms with E-state index in [1.165, 1.54) is 24.0 Å². The van der Waals surface area contributed by atoms with Gasteiger partial charge < -0.3 is 10.2 Å². The molecule has 0 aliphatic carbocycles. The molecular weight excluding hydrogens is 310 g/mol. The lowest BCUT2D eigenvalue weighted by atomic mass is 9.97. The number of amides is 2. The number of rotatable bonds is 5. The van der Waals surface area contributed by atoms with Gasteiger partial charge in [0.1, 0.15) is 0 Å². The number of hydrogen-bond acceptors (Lipinski definition) is 2. The van der Waals surface area contributed by atoms with Crippen molar-refractivity contribution in [3.63, 3.8) is 0 Å². The summed E-state index contributed by atoms with van der Waals surface area (Å²) < 4.78 is 0. The van der Waals surface area contributed by atoms with Crippen LogP contribution in [-0.2, 0) is 13.1 Å². The molecule has 0 saturated heterocycles. The maximum atomic E-state index is 12.3. The number of fused-ring (bicyclic) bond motifs is 1. The highest BCUT2D eigenvalue weighted by Crippen LogP contribution is 2.21. The molecule has 2 amide bonds. The van der Waals surface area contributed by atoms with Gasteiger partial charge >= 0.3 is 6.03 Å². The quantitative estimate of drug-likeness (QED) is 0.726. The summed E-state index contributed by atoms with van der Waals surface area (Å²) in [7, 11) is 0. The molecule has 1 aliphatic rings. The second-order valence-electron chi connectivity index (χ2n) is 6.38. The van der Waals surface area contributed by atoms with E-state index in [1.54, 1.807) is 11.1 Å². The molecule has 0 bridgehead atoms. The molecule has 2 heterocycles. The maximum absolute atomic E-state index is 12.3. The van der Waals surface area contributed by atoms with Gasteiger partial charge in [-0.15, -0.1) is 0 Å². The van der Waals surface area contributed by atoms with Gasteiger partial charge in [-0.1, -0.05) is 45.8 Å². The SMILES string of the molecule is CC.CCCC(C)/C(C)=C/C=C(\C)NC(=O)N1Cc2ccncc2C1. The minimum Gasteiger partial charge on any atom is -0.316 e. The highest BCUT2D eigenvalue weighted by Gasteiger charge is 2.23. The Labute approximate surface area is 153 Å². The molecule has 138 valence electrons. The molecule has 4 heteroatoms. The van der Waals surface area contributed by atoms with Crippen LogP contribution in [0.2, 0.25) is 0 Å². The summed E-state index contributed by atoms with van der Waals surface area (Å²) in [5.41, 5.74) is 4.53. The molecule has 1 aliphatic heterocycles. The van der Waals surface area contributed by atoms with Gasteiger partial charge in [-0.05, 0) is 49.5 Å². The van der Waals surface area contributed by atoms with E-state index in [2.05, 4.69) is 37.1 Å². The third-order valence-corrected chi connectivity index (χ3v) is 4.41. The van der Waals surface area contributed by atoms with E-state index < -0.39 is 0 Å². The highest BCUT2D eigenvalue weighted by atomic mass is 16.2. The second-order valence-corrected chi connectivity index (χ2v) is 6.38. The van der Waals surface area contributed by atoms with E-state index in [0.717, 1.165) is 11.3 Å². The van der Waals surface area contributed by atoms with Crippen LogP contribution >= 0.6 is 0 Å². The first-order valence-corrected chi connectivity index (χ1v) is 9.34. The van der Waals surface area contributed by atoms with Crippen LogP contribution in [0.15, 0.2) is 41.9 Å². The van der Waals surface area contributed by atoms with Crippen molar-refractivity contribution in [1.29, 1.82) is 0 Å². The molecule has 0 aromatic carbocycles. The smallest absolute Gasteiger partial charge is 0.316 e. The third-order valence-electron chi connectivity index (χ3n) is 4.41. The summed E-state index contributed by atoms with van der Waals surface area (Å²) in [6, 6.07) is 1.93. The number of urea groups is 1. The van der Waals surface area contributed by atoms with Crippen LogP contribution in [-0.4, -0.2) is 15.9 Å². The van der Waals surface area contributed by atoms with Crippen LogP contribution in [0.1, 0.15) is 65.5 Å². The van der Waals surface area contributed by atoms with Crippen molar-refractivity contribution < 1.29 is 4.79 Å². The minimum atomic E-state index is -0.0531. The van der Waals surface area contributed by atoms with Crippen LogP contribution in [0, 0.1) is 5.92 Å². The van der Waals surface area contributed by atoms with E-state index in [4.69, 9.17) is 0 Å². The van der Waals surface area contributed by atoms with Crippen LogP contribution < -0.4 is 5.32 Å². The van der Waals surface area contributed by atoms with Crippen molar-refractivity contribution >= 4 is 6.03 Å². The van der Waals surface area contributed by atoms with Crippen LogP contribution in [0.5, 0.6) is 0 Å². The lowest BCUT2D eigenvalue weighted by Gasteiger charge is -2.16. The molecule has 1 unspecified atom stereocenters. The number of nitrogens with zero attached hydrogens (tertiary/aromatic N) is 2. The first kappa shape index (κ1) is 20.9. The van der Waals surface area contributed by atoms with Gasteiger partial charge in [-0.25, -0.2) is 4.79 Å². The zero-order chi connectivity index (χ0) is 18.8. The van der Waals surface area contributed by atoms with Crippen molar-refractivity contribution in [2.24, 2.45) is 5.92 Å². The average molecular weight is 344 g/mol. The van der Waals surface area contributed by atoms with Gasteiger partial charge in [0, 0.05) is 31.2 Å². The summed E-state index contributed by atoms with van der Waals surface area (Å²) >= 11 is 0. The second kappa shape index (κ2) is 10.7. The lowest BCUT2D eigenvalue weighted by molar-refractivity contribution is 0.201. The predicted molar refractivity (Wildman–Crippen MR) is 105 cm³/mol. The number of aromatic nitrogens is 1. The Balaban J connectivity index is 0.00000151. The number of pyridine rings is 1. The molecule has 4 nitrogen and oxygen atoms in total. The standard InChI is InChI=1S/C19H27N3O.C2H6/c1-5-6-14(2)15(3)7-8-16(4)21-19(23)22-12-17-9-10-20-11-18(17)13-22;1-2/h7-11,14H,5-6,12-13H2,1-4H3,(H,21,23);1-2H3/b15-7+,16-8+;. The predicted octanol–water partition coefficient (Wildman–Crippen LogP) is 5.42. The molecule has 1 aromatic heterocycles. The number of allylic oxidation sites excluding steroid dienone is 4. The summed E-state index contributed by atoms with van der Waals surface area (Å²) in [5, 5.41) is 2.97. The van der Waals surface area contributed by atoms with Crippen LogP contribution in [0.25, 0.3) is 0 Å². The van der Waals surface area contributed by atoms with Crippen molar-refractivity contribution in [2.75, 3.05) is 0 Å². The first-order chi connectivity index (χ1) is 12.0. The maximum Gasteiger partial charge on any atom is 0.322 e. The van der Waals surface area contributed by atoms with E-state index in [-0.39, 0.29) is 6.03 Å². The Hall–Kier alpha value is -2.10. The normalized spacial score (nSPS) is 15.2. The summed E-state index contributed by atoms with van der Waals surface area (Å²) in [6.45, 7) is 13.8. The molecule has 0 radical (unpaired) electrons. The Kier molecular flexibility index (Phi) is 8.96. The molecule has 0 saturated carbocycles. The average Bonchev–Trinajstić information content (AvgIpc) is 3.06. The molecule has 1 aromatic rings. The van der Waals surface area contributed by atoms with Crippen molar-refractivity contribution in [2.45, 2.75) is 67.5 Å². The zero-order valence-electron chi connectivity index (χ0n) is 16.6. The summed E-state index contributed by atoms with van der Waals surface area (Å²) in [6.07, 6.45) is 10.1. The highest BCUT2D eigenvalue weighted by molar-refractivity contribution is 5.76. The third kappa shape index (κ3) is 6.37. The number of carbonyl (C=O) groups is 1. The minimum absolute atomic E-state index is 0.0531. The van der Waals surface area contributed by atoms with Crippen molar-refractivity contribution in [1.82, 2.24) is 15.2 Å². The first-order valence-electron chi connectivity index (χ1n) is 9.34. The van der Waals surface area contributed by atoms with Gasteiger partial charge in [0.25, 0.3) is 0 Å². The zero-order valence-corrected chi connectivity index (χ0v) is 16.6. The Bertz CT molecular complexity index is 594. The fourth-order valence-corrected chi connectivity index (χ4v) is 2.73. The van der Waals surface area contributed by atoms with E-state index in [0.29, 0.717) is 19.0 Å². The molecule has 0 fully saturated rings. The monoisotopic (exact) mass is 343 g/mol.